The molecule has 0 amide bonds. The van der Waals surface area contributed by atoms with Crippen molar-refractivity contribution in [2.75, 3.05) is 6.61 Å². The fourth-order valence-corrected chi connectivity index (χ4v) is 2.50. The Kier molecular flexibility index (Phi) is 4.68. The minimum atomic E-state index is -1.34. The Balaban J connectivity index is 1.90. The number of fused-ring (bicyclic) bond motifs is 1. The van der Waals surface area contributed by atoms with E-state index in [0.29, 0.717) is 17.0 Å². The van der Waals surface area contributed by atoms with Gasteiger partial charge in [-0.15, -0.1) is 0 Å². The van der Waals surface area contributed by atoms with Gasteiger partial charge >= 0.3 is 0 Å². The highest BCUT2D eigenvalue weighted by Gasteiger charge is 2.09. The van der Waals surface area contributed by atoms with E-state index in [9.17, 15) is 15.2 Å². The molecule has 6 nitrogen and oxygen atoms in total. The van der Waals surface area contributed by atoms with E-state index in [1.54, 1.807) is 18.2 Å². The number of carboxylic acid groups (broad SMARTS) is 1. The summed E-state index contributed by atoms with van der Waals surface area (Å²) in [6.07, 6.45) is 1.63. The predicted octanol–water partition coefficient (Wildman–Crippen LogP) is 2.41. The Morgan fingerprint density at radius 2 is 2.16 bits per heavy atom. The third kappa shape index (κ3) is 3.79. The van der Waals surface area contributed by atoms with Crippen molar-refractivity contribution in [2.24, 2.45) is 0 Å². The highest BCUT2D eigenvalue weighted by Crippen LogP contribution is 2.27. The molecule has 0 saturated heterocycles. The van der Waals surface area contributed by atoms with Crippen LogP contribution in [-0.2, 0) is 4.79 Å². The monoisotopic (exact) mass is 352 g/mol. The van der Waals surface area contributed by atoms with Crippen LogP contribution in [0, 0.1) is 11.3 Å². The zero-order valence-electron chi connectivity index (χ0n) is 12.8. The van der Waals surface area contributed by atoms with Crippen LogP contribution in [0.1, 0.15) is 11.4 Å². The zero-order chi connectivity index (χ0) is 17.8. The number of hydrogen-bond donors (Lipinski definition) is 1. The Morgan fingerprint density at radius 3 is 2.84 bits per heavy atom. The van der Waals surface area contributed by atoms with Crippen LogP contribution in [0.3, 0.4) is 0 Å². The molecule has 1 aromatic heterocycles. The number of H-pyrrole nitrogens is 1. The summed E-state index contributed by atoms with van der Waals surface area (Å²) < 4.78 is 5.01. The van der Waals surface area contributed by atoms with Gasteiger partial charge in [-0.3, -0.25) is 0 Å². The van der Waals surface area contributed by atoms with Crippen molar-refractivity contribution in [2.45, 2.75) is 0 Å². The first-order valence-electron chi connectivity index (χ1n) is 7.26. The molecule has 0 radical (unpaired) electrons. The Morgan fingerprint density at radius 1 is 1.36 bits per heavy atom. The number of imidazole rings is 1. The molecule has 0 fully saturated rings. The van der Waals surface area contributed by atoms with E-state index in [0.717, 1.165) is 11.0 Å². The summed E-state index contributed by atoms with van der Waals surface area (Å²) in [4.78, 5) is 17.9. The molecule has 0 bridgehead atoms. The van der Waals surface area contributed by atoms with Gasteiger partial charge < -0.3 is 19.6 Å². The molecule has 3 aromatic rings. The first kappa shape index (κ1) is 16.6. The predicted molar refractivity (Wildman–Crippen MR) is 91.5 cm³/mol. The maximum atomic E-state index is 10.4. The van der Waals surface area contributed by atoms with Crippen molar-refractivity contribution in [1.82, 2.24) is 9.97 Å². The van der Waals surface area contributed by atoms with Gasteiger partial charge in [0.2, 0.25) is 0 Å². The molecule has 1 heterocycles. The van der Waals surface area contributed by atoms with Crippen LogP contribution in [-0.4, -0.2) is 22.5 Å². The minimum absolute atomic E-state index is 0.227. The molecule has 7 heteroatoms. The molecule has 0 atom stereocenters. The largest absolute Gasteiger partial charge is 0.546 e. The van der Waals surface area contributed by atoms with Gasteiger partial charge in [0.25, 0.3) is 0 Å². The lowest BCUT2D eigenvalue weighted by atomic mass is 10.1. The summed E-state index contributed by atoms with van der Waals surface area (Å²) in [6.45, 7) is -0.586. The third-order valence-electron chi connectivity index (χ3n) is 3.38. The van der Waals surface area contributed by atoms with Crippen molar-refractivity contribution in [3.8, 4) is 11.8 Å². The number of aliphatic carboxylic acids is 1. The van der Waals surface area contributed by atoms with Crippen molar-refractivity contribution < 1.29 is 14.6 Å². The molecule has 0 spiro atoms. The molecule has 0 aliphatic carbocycles. The molecule has 0 saturated carbocycles. The molecule has 0 aliphatic rings. The second-order valence-electron chi connectivity index (χ2n) is 5.12. The van der Waals surface area contributed by atoms with Crippen molar-refractivity contribution in [3.63, 3.8) is 0 Å². The normalized spacial score (nSPS) is 11.3. The van der Waals surface area contributed by atoms with E-state index < -0.39 is 12.6 Å². The van der Waals surface area contributed by atoms with E-state index >= 15 is 0 Å². The molecular weight excluding hydrogens is 342 g/mol. The second kappa shape index (κ2) is 7.07. The Labute approximate surface area is 147 Å². The maximum Gasteiger partial charge on any atom is 0.149 e. The number of aromatic nitrogens is 2. The zero-order valence-corrected chi connectivity index (χ0v) is 13.6. The summed E-state index contributed by atoms with van der Waals surface area (Å²) >= 11 is 6.08. The van der Waals surface area contributed by atoms with Crippen molar-refractivity contribution >= 4 is 40.3 Å². The minimum Gasteiger partial charge on any atom is -0.546 e. The van der Waals surface area contributed by atoms with Gasteiger partial charge in [0.05, 0.1) is 27.6 Å². The van der Waals surface area contributed by atoms with E-state index in [-0.39, 0.29) is 10.8 Å². The topological polar surface area (TPSA) is 102 Å². The van der Waals surface area contributed by atoms with E-state index in [4.69, 9.17) is 16.3 Å². The molecule has 124 valence electrons. The van der Waals surface area contributed by atoms with Crippen LogP contribution in [0.5, 0.6) is 5.75 Å². The Bertz CT molecular complexity index is 985. The van der Waals surface area contributed by atoms with Gasteiger partial charge in [-0.1, -0.05) is 29.8 Å². The van der Waals surface area contributed by atoms with E-state index in [1.807, 2.05) is 24.3 Å². The highest BCUT2D eigenvalue weighted by atomic mass is 35.5. The van der Waals surface area contributed by atoms with Crippen LogP contribution in [0.4, 0.5) is 0 Å². The number of allylic oxidation sites excluding steroid dienone is 1. The van der Waals surface area contributed by atoms with E-state index in [1.165, 1.54) is 6.07 Å². The number of rotatable bonds is 5. The average Bonchev–Trinajstić information content (AvgIpc) is 3.02. The number of aromatic amines is 1. The lowest BCUT2D eigenvalue weighted by Crippen LogP contribution is -2.28. The quantitative estimate of drug-likeness (QED) is 0.710. The van der Waals surface area contributed by atoms with Crippen LogP contribution >= 0.6 is 11.6 Å². The van der Waals surface area contributed by atoms with Crippen LogP contribution in [0.2, 0.25) is 5.02 Å². The maximum absolute atomic E-state index is 10.4. The number of nitriles is 1. The number of carbonyl (C=O) groups is 1. The fraction of sp³-hybridized carbons (Fsp3) is 0.0556. The number of benzene rings is 2. The Hall–Kier alpha value is -3.30. The molecule has 3 rings (SSSR count). The van der Waals surface area contributed by atoms with Gasteiger partial charge in [-0.2, -0.15) is 5.26 Å². The SMILES string of the molecule is N#C/C(=C\c1ccc(OCC(=O)[O-])c(Cl)c1)c1nc2ccccc2[nH]1. The van der Waals surface area contributed by atoms with Crippen molar-refractivity contribution in [1.29, 1.82) is 5.26 Å². The van der Waals surface area contributed by atoms with Gasteiger partial charge in [0, 0.05) is 0 Å². The number of ether oxygens (including phenoxy) is 1. The van der Waals surface area contributed by atoms with Crippen LogP contribution < -0.4 is 9.84 Å². The number of halogens is 1. The molecule has 0 aliphatic heterocycles. The number of carboxylic acids is 1. The summed E-state index contributed by atoms with van der Waals surface area (Å²) in [7, 11) is 0. The van der Waals surface area contributed by atoms with E-state index in [2.05, 4.69) is 16.0 Å². The summed E-state index contributed by atoms with van der Waals surface area (Å²) in [6, 6.07) is 14.4. The number of nitrogens with zero attached hydrogens (tertiary/aromatic N) is 2. The smallest absolute Gasteiger partial charge is 0.149 e. The van der Waals surface area contributed by atoms with Crippen LogP contribution in [0.25, 0.3) is 22.7 Å². The summed E-state index contributed by atoms with van der Waals surface area (Å²) in [5.74, 6) is -0.654. The molecule has 25 heavy (non-hydrogen) atoms. The van der Waals surface area contributed by atoms with Crippen molar-refractivity contribution in [3.05, 3.63) is 58.9 Å². The molecule has 0 unspecified atom stereocenters. The lowest BCUT2D eigenvalue weighted by molar-refractivity contribution is -0.307. The number of nitrogens with one attached hydrogen (secondary N) is 1. The van der Waals surface area contributed by atoms with Crippen LogP contribution in [0.15, 0.2) is 42.5 Å². The highest BCUT2D eigenvalue weighted by molar-refractivity contribution is 6.32. The molecule has 2 aromatic carbocycles. The standard InChI is InChI=1S/C18H12ClN3O3/c19-13-8-11(5-6-16(13)25-10-17(23)24)7-12(9-20)18-21-14-3-1-2-4-15(14)22-18/h1-8H,10H2,(H,21,22)(H,23,24)/p-1/b12-7+. The van der Waals surface area contributed by atoms with Gasteiger partial charge in [-0.25, -0.2) is 4.98 Å². The molecular formula is C18H11ClN3O3-. The molecule has 1 N–H and O–H groups in total. The number of hydrogen-bond acceptors (Lipinski definition) is 5. The average molecular weight is 353 g/mol. The van der Waals surface area contributed by atoms with Gasteiger partial charge in [-0.05, 0) is 35.9 Å². The first-order valence-corrected chi connectivity index (χ1v) is 7.64. The second-order valence-corrected chi connectivity index (χ2v) is 5.53. The van der Waals surface area contributed by atoms with Gasteiger partial charge in [0.15, 0.2) is 0 Å². The summed E-state index contributed by atoms with van der Waals surface area (Å²) in [5, 5.41) is 20.1. The van der Waals surface area contributed by atoms with Gasteiger partial charge in [0.1, 0.15) is 24.3 Å². The number of carbonyl (C=O) groups excluding carboxylic acids is 1. The first-order chi connectivity index (χ1) is 12.1. The summed E-state index contributed by atoms with van der Waals surface area (Å²) in [5.41, 5.74) is 2.60. The fourth-order valence-electron chi connectivity index (χ4n) is 2.26. The number of para-hydroxylation sites is 2. The lowest BCUT2D eigenvalue weighted by Gasteiger charge is -2.08. The third-order valence-corrected chi connectivity index (χ3v) is 3.67.